The molecule has 0 fully saturated rings. The van der Waals surface area contributed by atoms with Gasteiger partial charge in [-0.2, -0.15) is 8.42 Å². The van der Waals surface area contributed by atoms with Gasteiger partial charge in [-0.05, 0) is 18.8 Å². The van der Waals surface area contributed by atoms with Gasteiger partial charge in [-0.25, -0.2) is 4.18 Å². The summed E-state index contributed by atoms with van der Waals surface area (Å²) < 4.78 is 35.7. The van der Waals surface area contributed by atoms with E-state index >= 15 is 0 Å². The number of rotatable bonds is 28. The van der Waals surface area contributed by atoms with Gasteiger partial charge in [0.1, 0.15) is 0 Å². The Kier molecular flexibility index (Phi) is 25.8. The molecule has 1 unspecified atom stereocenters. The van der Waals surface area contributed by atoms with Crippen molar-refractivity contribution in [2.45, 2.75) is 174 Å². The Morgan fingerprint density at radius 2 is 0.765 bits per heavy atom. The van der Waals surface area contributed by atoms with Crippen LogP contribution in [0.2, 0.25) is 0 Å². The summed E-state index contributed by atoms with van der Waals surface area (Å²) in [6.45, 7) is 4.66. The van der Waals surface area contributed by atoms with Crippen LogP contribution in [0.4, 0.5) is 0 Å². The molecule has 0 bridgehead atoms. The molecule has 0 aromatic rings. The number of unbranched alkanes of at least 4 members (excludes halogenated alkanes) is 21. The Hall–Kier alpha value is -0.130. The van der Waals surface area contributed by atoms with E-state index < -0.39 is 10.4 Å². The van der Waals surface area contributed by atoms with Crippen LogP contribution in [0.5, 0.6) is 0 Å². The van der Waals surface area contributed by atoms with Gasteiger partial charge in [-0.1, -0.05) is 162 Å². The van der Waals surface area contributed by atoms with Gasteiger partial charge in [-0.15, -0.1) is 0 Å². The van der Waals surface area contributed by atoms with E-state index in [2.05, 4.69) is 13.8 Å². The fourth-order valence-corrected chi connectivity index (χ4v) is 5.23. The highest BCUT2D eigenvalue weighted by molar-refractivity contribution is 7.80. The molecule has 0 aliphatic carbocycles. The smallest absolute Gasteiger partial charge is 0.264 e. The van der Waals surface area contributed by atoms with Gasteiger partial charge in [0.15, 0.2) is 0 Å². The zero-order valence-electron chi connectivity index (χ0n) is 23.0. The topological polar surface area (TPSA) is 63.6 Å². The van der Waals surface area contributed by atoms with Gasteiger partial charge >= 0.3 is 10.4 Å². The van der Waals surface area contributed by atoms with Gasteiger partial charge in [0.2, 0.25) is 0 Å². The van der Waals surface area contributed by atoms with Crippen LogP contribution in [0.15, 0.2) is 0 Å². The second kappa shape index (κ2) is 25.9. The summed E-state index contributed by atoms with van der Waals surface area (Å²) in [6, 6.07) is 0. The summed E-state index contributed by atoms with van der Waals surface area (Å²) in [4.78, 5) is 0. The maximum atomic E-state index is 11.0. The Balaban J connectivity index is 3.74. The van der Waals surface area contributed by atoms with E-state index in [-0.39, 0.29) is 12.5 Å². The highest BCUT2D eigenvalue weighted by Gasteiger charge is 2.13. The first kappa shape index (κ1) is 33.9. The van der Waals surface area contributed by atoms with Crippen LogP contribution in [0.25, 0.3) is 0 Å². The lowest BCUT2D eigenvalue weighted by molar-refractivity contribution is 0.204. The molecule has 34 heavy (non-hydrogen) atoms. The molecule has 0 radical (unpaired) electrons. The third kappa shape index (κ3) is 28.1. The molecule has 5 heteroatoms. The zero-order valence-corrected chi connectivity index (χ0v) is 23.9. The lowest BCUT2D eigenvalue weighted by Crippen LogP contribution is -2.14. The highest BCUT2D eigenvalue weighted by Crippen LogP contribution is 2.21. The molecule has 0 aliphatic rings. The summed E-state index contributed by atoms with van der Waals surface area (Å²) in [5, 5.41) is 0. The van der Waals surface area contributed by atoms with Crippen molar-refractivity contribution >= 4 is 10.4 Å². The molecule has 0 saturated carbocycles. The molecule has 1 atom stereocenters. The lowest BCUT2D eigenvalue weighted by atomic mass is 9.94. The third-order valence-corrected chi connectivity index (χ3v) is 7.57. The Morgan fingerprint density at radius 3 is 1.03 bits per heavy atom. The van der Waals surface area contributed by atoms with Crippen LogP contribution in [0.1, 0.15) is 174 Å². The maximum Gasteiger partial charge on any atom is 0.397 e. The van der Waals surface area contributed by atoms with Crippen LogP contribution >= 0.6 is 0 Å². The van der Waals surface area contributed by atoms with Crippen LogP contribution in [-0.2, 0) is 14.6 Å². The van der Waals surface area contributed by atoms with Crippen LogP contribution < -0.4 is 0 Å². The van der Waals surface area contributed by atoms with Gasteiger partial charge in [0.05, 0.1) is 6.61 Å². The van der Waals surface area contributed by atoms with E-state index in [1.165, 1.54) is 135 Å². The highest BCUT2D eigenvalue weighted by atomic mass is 32.3. The molecule has 0 saturated heterocycles. The molecule has 0 spiro atoms. The largest absolute Gasteiger partial charge is 0.397 e. The molecule has 0 rings (SSSR count). The first-order valence-electron chi connectivity index (χ1n) is 15.1. The molecule has 0 amide bonds. The predicted octanol–water partition coefficient (Wildman–Crippen LogP) is 10.2. The van der Waals surface area contributed by atoms with Crippen LogP contribution in [0, 0.1) is 5.92 Å². The SMILES string of the molecule is CCCCCCCCCCCCCCC(CCCCCCCCCCCCC)COS(=O)(=O)O. The van der Waals surface area contributed by atoms with Crippen molar-refractivity contribution in [3.8, 4) is 0 Å². The normalized spacial score (nSPS) is 12.9. The van der Waals surface area contributed by atoms with E-state index in [0.29, 0.717) is 0 Å². The van der Waals surface area contributed by atoms with E-state index in [1.54, 1.807) is 0 Å². The average Bonchev–Trinajstić information content (AvgIpc) is 2.80. The fraction of sp³-hybridized carbons (Fsp3) is 1.00. The van der Waals surface area contributed by atoms with Crippen molar-refractivity contribution < 1.29 is 17.2 Å². The second-order valence-corrected chi connectivity index (χ2v) is 11.7. The Labute approximate surface area is 214 Å². The van der Waals surface area contributed by atoms with Gasteiger partial charge < -0.3 is 0 Å². The van der Waals surface area contributed by atoms with E-state index in [9.17, 15) is 8.42 Å². The Morgan fingerprint density at radius 1 is 0.500 bits per heavy atom. The summed E-state index contributed by atoms with van der Waals surface area (Å²) in [5.74, 6) is 0.239. The number of hydrogen-bond acceptors (Lipinski definition) is 3. The van der Waals surface area contributed by atoms with E-state index in [0.717, 1.165) is 25.7 Å². The Bertz CT molecular complexity index is 492. The first-order valence-corrected chi connectivity index (χ1v) is 16.5. The lowest BCUT2D eigenvalue weighted by Gasteiger charge is -2.16. The van der Waals surface area contributed by atoms with Crippen molar-refractivity contribution in [1.82, 2.24) is 0 Å². The van der Waals surface area contributed by atoms with Crippen molar-refractivity contribution in [2.75, 3.05) is 6.61 Å². The molecule has 0 aromatic carbocycles. The minimum absolute atomic E-state index is 0.134. The summed E-state index contributed by atoms with van der Waals surface area (Å²) >= 11 is 0. The molecule has 0 aliphatic heterocycles. The summed E-state index contributed by atoms with van der Waals surface area (Å²) in [6.07, 6.45) is 32.5. The second-order valence-electron chi connectivity index (χ2n) is 10.6. The van der Waals surface area contributed by atoms with Gasteiger partial charge in [0, 0.05) is 0 Å². The van der Waals surface area contributed by atoms with Gasteiger partial charge in [0.25, 0.3) is 0 Å². The molecule has 0 aromatic heterocycles. The average molecular weight is 505 g/mol. The van der Waals surface area contributed by atoms with Crippen molar-refractivity contribution in [3.05, 3.63) is 0 Å². The minimum atomic E-state index is -4.33. The van der Waals surface area contributed by atoms with Crippen molar-refractivity contribution in [3.63, 3.8) is 0 Å². The van der Waals surface area contributed by atoms with E-state index in [1.807, 2.05) is 0 Å². The third-order valence-electron chi connectivity index (χ3n) is 7.13. The monoisotopic (exact) mass is 504 g/mol. The standard InChI is InChI=1S/C29H60O4S/c1-3-5-7-9-11-13-15-17-19-21-23-25-27-29(28-33-34(30,31)32)26-24-22-20-18-16-14-12-10-8-6-4-2/h29H,3-28H2,1-2H3,(H,30,31,32). The molecule has 206 valence electrons. The predicted molar refractivity (Wildman–Crippen MR) is 148 cm³/mol. The summed E-state index contributed by atoms with van der Waals surface area (Å²) in [5.41, 5.74) is 0. The van der Waals surface area contributed by atoms with E-state index in [4.69, 9.17) is 8.74 Å². The molecule has 4 nitrogen and oxygen atoms in total. The first-order chi connectivity index (χ1) is 16.5. The molecular weight excluding hydrogens is 444 g/mol. The quantitative estimate of drug-likeness (QED) is 0.0850. The fourth-order valence-electron chi connectivity index (χ4n) is 4.86. The van der Waals surface area contributed by atoms with Crippen molar-refractivity contribution in [1.29, 1.82) is 0 Å². The van der Waals surface area contributed by atoms with Crippen LogP contribution in [0.3, 0.4) is 0 Å². The van der Waals surface area contributed by atoms with Crippen LogP contribution in [-0.4, -0.2) is 19.6 Å². The van der Waals surface area contributed by atoms with Gasteiger partial charge in [-0.3, -0.25) is 4.55 Å². The maximum absolute atomic E-state index is 11.0. The van der Waals surface area contributed by atoms with Crippen molar-refractivity contribution in [2.24, 2.45) is 5.92 Å². The summed E-state index contributed by atoms with van der Waals surface area (Å²) in [7, 11) is -4.33. The zero-order chi connectivity index (χ0) is 25.2. The number of hydrogen-bond donors (Lipinski definition) is 1. The molecular formula is C29H60O4S. The minimum Gasteiger partial charge on any atom is -0.264 e. The molecule has 0 heterocycles. The molecule has 1 N–H and O–H groups in total.